The molecule has 0 saturated heterocycles. The van der Waals surface area contributed by atoms with Gasteiger partial charge in [-0.25, -0.2) is 4.42 Å². The molecular formula is C94H97O12+5. The molecule has 0 aromatic heterocycles. The highest BCUT2D eigenvalue weighted by Gasteiger charge is 2.66. The van der Waals surface area contributed by atoms with E-state index in [2.05, 4.69) is 88.0 Å². The van der Waals surface area contributed by atoms with Crippen molar-refractivity contribution in [2.24, 2.45) is 0 Å². The Bertz CT molecular complexity index is 4680. The number of carbonyl (C=O) groups excluding carboxylic acids is 8. The minimum atomic E-state index is -0.290. The highest BCUT2D eigenvalue weighted by molar-refractivity contribution is 6.28. The Morgan fingerprint density at radius 3 is 1.03 bits per heavy atom. The number of methoxy groups -OCH3 is 4. The number of ketones is 8. The van der Waals surface area contributed by atoms with Crippen molar-refractivity contribution in [3.8, 4) is 23.0 Å². The van der Waals surface area contributed by atoms with Crippen LogP contribution in [0.2, 0.25) is 0 Å². The van der Waals surface area contributed by atoms with Crippen LogP contribution in [0.3, 0.4) is 0 Å². The zero-order valence-corrected chi connectivity index (χ0v) is 63.7. The van der Waals surface area contributed by atoms with Crippen LogP contribution in [0, 0.1) is 34.6 Å². The second-order valence-electron chi connectivity index (χ2n) is 25.4. The molecule has 0 spiro atoms. The van der Waals surface area contributed by atoms with E-state index in [0.717, 1.165) is 118 Å². The van der Waals surface area contributed by atoms with Crippen molar-refractivity contribution in [2.45, 2.75) is 81.4 Å². The van der Waals surface area contributed by atoms with Gasteiger partial charge in [-0.05, 0) is 206 Å². The molecule has 0 N–H and O–H groups in total. The van der Waals surface area contributed by atoms with Gasteiger partial charge in [0.1, 0.15) is 23.0 Å². The SMILES string of the molecule is C=C(C(=O)c1ccc(C)cc1)c1ccc(OC)cc1.COc1ccc(C(C)=O)cc1.COc1ccc(C(C)=[O+]Cc2ccc(C)cc2)cc1.COc1ccc(C2(C)[O+]=C2c2ccc(C)cc2)cc1.C[O+]=C1C=CC(=C(C)C(=O)c2ccc(C)cc2)C=C1.C[O+]=C1C=CC(=C(C)C(=O)c2ccc(C)cc2)C=C1.[H+]. The lowest BCUT2D eigenvalue weighted by Crippen LogP contribution is -2.12. The first-order valence-electron chi connectivity index (χ1n) is 34.6. The van der Waals surface area contributed by atoms with E-state index >= 15 is 0 Å². The zero-order chi connectivity index (χ0) is 76.9. The maximum atomic E-state index is 12.3. The van der Waals surface area contributed by atoms with Gasteiger partial charge in [-0.3, -0.25) is 32.5 Å². The minimum absolute atomic E-state index is 0. The van der Waals surface area contributed by atoms with Gasteiger partial charge < -0.3 is 18.9 Å². The molecule has 0 radical (unpaired) electrons. The molecule has 0 bridgehead atoms. The minimum Gasteiger partial charge on any atom is -0.497 e. The Kier molecular flexibility index (Phi) is 30.5. The van der Waals surface area contributed by atoms with Gasteiger partial charge in [-0.2, -0.15) is 0 Å². The topological polar surface area (TPSA) is 150 Å². The zero-order valence-electron chi connectivity index (χ0n) is 64.7. The molecule has 1 unspecified atom stereocenters. The van der Waals surface area contributed by atoms with Crippen LogP contribution in [0.1, 0.15) is 142 Å². The number of carbonyl (C=O) groups is 4. The summed E-state index contributed by atoms with van der Waals surface area (Å²) in [6.07, 6.45) is 15.1. The molecule has 1 atom stereocenters. The summed E-state index contributed by atoms with van der Waals surface area (Å²) in [5.74, 6) is 6.95. The molecule has 1 aliphatic heterocycles. The number of Topliss-reactive ketones (excluding diaryl/α,β-unsaturated/α-hetero) is 4. The van der Waals surface area contributed by atoms with E-state index in [1.54, 1.807) is 73.8 Å². The summed E-state index contributed by atoms with van der Waals surface area (Å²) in [6, 6.07) is 69.9. The number of hydrogen-bond acceptors (Lipinski definition) is 8. The second kappa shape index (κ2) is 40.0. The highest BCUT2D eigenvalue weighted by Crippen LogP contribution is 2.41. The Hall–Kier alpha value is -12.3. The molecule has 106 heavy (non-hydrogen) atoms. The quantitative estimate of drug-likeness (QED) is 0.0497. The molecule has 9 aromatic rings. The molecule has 2 aliphatic carbocycles. The molecule has 0 amide bonds. The third-order valence-corrected chi connectivity index (χ3v) is 17.6. The van der Waals surface area contributed by atoms with Crippen molar-refractivity contribution < 1.29 is 57.3 Å². The summed E-state index contributed by atoms with van der Waals surface area (Å²) in [5.41, 5.74) is 17.7. The normalized spacial score (nSPS) is 13.4. The Labute approximate surface area is 626 Å². The summed E-state index contributed by atoms with van der Waals surface area (Å²) in [5, 5.41) is 0. The number of hydrogen-bond donors (Lipinski definition) is 0. The van der Waals surface area contributed by atoms with E-state index < -0.39 is 0 Å². The standard InChI is InChI=1S/C17H17O2.C17H19O2.2C17H17O2.C17H16O2.C9H10O2/c1-12-4-6-13(7-5-12)16-17(2,19-16)14-8-10-15(18-3)11-9-14;1-13-4-6-15(7-5-13)12-19-14(2)16-8-10-17(18-3)11-9-16;3*1-12-4-6-15(7-5-12)17(18)13(2)14-8-10-16(19-3)11-9-14;1-7(10)8-3-5-9(11-2)6-4-8/h4-11H,1-3H3;4-11H,12H2,1-3H3;2*4-11H,1-3H3;4-11H,2H2,1,3H3;3-6H,1-2H3/q4*+1;;/p+1. The summed E-state index contributed by atoms with van der Waals surface area (Å²) in [6.45, 7) is 24.0. The van der Waals surface area contributed by atoms with Crippen LogP contribution in [-0.4, -0.2) is 88.9 Å². The van der Waals surface area contributed by atoms with Crippen molar-refractivity contribution in [2.75, 3.05) is 42.7 Å². The molecule has 0 saturated carbocycles. The summed E-state index contributed by atoms with van der Waals surface area (Å²) >= 11 is 0. The van der Waals surface area contributed by atoms with E-state index in [1.165, 1.54) is 16.7 Å². The van der Waals surface area contributed by atoms with E-state index in [0.29, 0.717) is 23.3 Å². The maximum Gasteiger partial charge on any atom is 1.00 e. The first-order chi connectivity index (χ1) is 50.9. The molecular weight excluding hydrogens is 1320 g/mol. The monoisotopic (exact) mass is 1420 g/mol. The Morgan fingerprint density at radius 1 is 0.387 bits per heavy atom. The van der Waals surface area contributed by atoms with Crippen molar-refractivity contribution in [3.63, 3.8) is 0 Å². The van der Waals surface area contributed by atoms with E-state index in [9.17, 15) is 19.2 Å². The number of aryl methyl sites for hydroxylation is 5. The van der Waals surface area contributed by atoms with Crippen molar-refractivity contribution in [3.05, 3.63) is 374 Å². The predicted octanol–water partition coefficient (Wildman–Crippen LogP) is 20.2. The van der Waals surface area contributed by atoms with Gasteiger partial charge in [-0.15, -0.1) is 0 Å². The lowest BCUT2D eigenvalue weighted by atomic mass is 9.92. The lowest BCUT2D eigenvalue weighted by molar-refractivity contribution is -0.418. The van der Waals surface area contributed by atoms with Crippen molar-refractivity contribution in [1.29, 1.82) is 0 Å². The van der Waals surface area contributed by atoms with E-state index in [-0.39, 0.29) is 30.2 Å². The molecule has 12 rings (SSSR count). The van der Waals surface area contributed by atoms with Gasteiger partial charge >= 0.3 is 30.2 Å². The smallest absolute Gasteiger partial charge is 0.497 e. The van der Waals surface area contributed by atoms with Crippen LogP contribution in [0.15, 0.2) is 296 Å². The van der Waals surface area contributed by atoms with Gasteiger partial charge in [0.2, 0.25) is 0 Å². The fourth-order valence-corrected chi connectivity index (χ4v) is 10.5. The van der Waals surface area contributed by atoms with Crippen molar-refractivity contribution in [1.82, 2.24) is 0 Å². The van der Waals surface area contributed by atoms with Crippen LogP contribution in [0.25, 0.3) is 5.57 Å². The Balaban J connectivity index is 0.000000202. The van der Waals surface area contributed by atoms with Crippen LogP contribution in [0.5, 0.6) is 23.0 Å². The molecule has 12 nitrogen and oxygen atoms in total. The third-order valence-electron chi connectivity index (χ3n) is 17.6. The summed E-state index contributed by atoms with van der Waals surface area (Å²) in [4.78, 5) is 47.8. The van der Waals surface area contributed by atoms with Gasteiger partial charge in [0.15, 0.2) is 23.1 Å². The van der Waals surface area contributed by atoms with Gasteiger partial charge in [0.25, 0.3) is 20.8 Å². The van der Waals surface area contributed by atoms with Crippen LogP contribution in [-0.2, 0) is 21.1 Å². The van der Waals surface area contributed by atoms with E-state index in [4.69, 9.17) is 36.6 Å². The maximum absolute atomic E-state index is 12.3. The lowest BCUT2D eigenvalue weighted by Gasteiger charge is -2.07. The first kappa shape index (κ1) is 81.0. The predicted molar refractivity (Wildman–Crippen MR) is 430 cm³/mol. The number of rotatable bonds is 17. The molecule has 12 heteroatoms. The van der Waals surface area contributed by atoms with Crippen LogP contribution >= 0.6 is 0 Å². The largest absolute Gasteiger partial charge is 1.00 e. The molecule has 3 aliphatic rings. The fourth-order valence-electron chi connectivity index (χ4n) is 10.5. The molecule has 9 aromatic carbocycles. The van der Waals surface area contributed by atoms with Gasteiger partial charge in [-0.1, -0.05) is 144 Å². The Morgan fingerprint density at radius 2 is 0.689 bits per heavy atom. The fraction of sp³-hybridized carbons (Fsp3) is 0.191. The summed E-state index contributed by atoms with van der Waals surface area (Å²) < 4.78 is 42.2. The number of allylic oxidation sites excluding steroid dienone is 13. The highest BCUT2D eigenvalue weighted by atomic mass is 16.5. The van der Waals surface area contributed by atoms with Crippen LogP contribution < -0.4 is 18.9 Å². The van der Waals surface area contributed by atoms with Crippen LogP contribution in [0.4, 0.5) is 0 Å². The summed E-state index contributed by atoms with van der Waals surface area (Å²) in [7, 11) is 9.81. The average molecular weight is 1420 g/mol. The first-order valence-corrected chi connectivity index (χ1v) is 34.6. The number of ether oxygens (including phenoxy) is 4. The average Bonchev–Trinajstić information content (AvgIpc) is 1.58. The second-order valence-corrected chi connectivity index (χ2v) is 25.4. The number of benzene rings is 9. The molecule has 540 valence electrons. The van der Waals surface area contributed by atoms with Gasteiger partial charge in [0.05, 0.1) is 52.1 Å². The molecule has 0 fully saturated rings. The van der Waals surface area contributed by atoms with Crippen molar-refractivity contribution >= 4 is 51.8 Å². The van der Waals surface area contributed by atoms with E-state index in [1.807, 2.05) is 224 Å². The molecule has 1 heterocycles. The van der Waals surface area contributed by atoms with Gasteiger partial charge in [0, 0.05) is 75.8 Å². The third kappa shape index (κ3) is 23.9.